The van der Waals surface area contributed by atoms with Crippen molar-refractivity contribution in [1.82, 2.24) is 0 Å². The van der Waals surface area contributed by atoms with E-state index < -0.39 is 29.9 Å². The van der Waals surface area contributed by atoms with E-state index in [1.165, 1.54) is 36.4 Å². The molecule has 0 fully saturated rings. The van der Waals surface area contributed by atoms with Gasteiger partial charge < -0.3 is 0 Å². The Bertz CT molecular complexity index is 1630. The summed E-state index contributed by atoms with van der Waals surface area (Å²) in [4.78, 5) is 20.1. The van der Waals surface area contributed by atoms with Gasteiger partial charge in [0.1, 0.15) is 0 Å². The summed E-state index contributed by atoms with van der Waals surface area (Å²) in [5.41, 5.74) is 1.57. The van der Waals surface area contributed by atoms with E-state index in [4.69, 9.17) is 0 Å². The molecule has 0 aliphatic rings. The molecule has 0 radical (unpaired) electrons. The summed E-state index contributed by atoms with van der Waals surface area (Å²) in [5.74, 6) is 0. The van der Waals surface area contributed by atoms with Gasteiger partial charge in [-0.1, -0.05) is 36.4 Å². The maximum Gasteiger partial charge on any atom is 0.270 e. The summed E-state index contributed by atoms with van der Waals surface area (Å²) in [7, 11) is -8.06. The summed E-state index contributed by atoms with van der Waals surface area (Å²) >= 11 is 0. The van der Waals surface area contributed by atoms with Crippen LogP contribution in [-0.2, 0) is 26.5 Å². The van der Waals surface area contributed by atoms with Crippen LogP contribution in [0.25, 0.3) is 0 Å². The Labute approximate surface area is 223 Å². The molecule has 0 atom stereocenters. The van der Waals surface area contributed by atoms with Crippen LogP contribution in [-0.4, -0.2) is 26.7 Å². The van der Waals surface area contributed by atoms with E-state index in [1.807, 2.05) is 0 Å². The van der Waals surface area contributed by atoms with Crippen molar-refractivity contribution in [3.63, 3.8) is 0 Å². The van der Waals surface area contributed by atoms with Crippen molar-refractivity contribution in [2.45, 2.75) is 16.2 Å². The highest BCUT2D eigenvalue weighted by Crippen LogP contribution is 2.23. The van der Waals surface area contributed by atoms with Crippen molar-refractivity contribution >= 4 is 42.8 Å². The zero-order valence-electron chi connectivity index (χ0n) is 19.9. The predicted octanol–water partition coefficient (Wildman–Crippen LogP) is 4.70. The van der Waals surface area contributed by atoms with Gasteiger partial charge >= 0.3 is 0 Å². The van der Waals surface area contributed by atoms with Gasteiger partial charge in [0.25, 0.3) is 31.4 Å². The average molecular weight is 569 g/mol. The fourth-order valence-corrected chi connectivity index (χ4v) is 5.77. The monoisotopic (exact) mass is 568 g/mol. The summed E-state index contributed by atoms with van der Waals surface area (Å²) in [5, 5.41) is 21.9. The van der Waals surface area contributed by atoms with Crippen LogP contribution in [0.3, 0.4) is 0 Å². The van der Waals surface area contributed by atoms with E-state index in [9.17, 15) is 37.1 Å². The second-order valence-electron chi connectivity index (χ2n) is 8.29. The molecule has 39 heavy (non-hydrogen) atoms. The second kappa shape index (κ2) is 10.9. The molecule has 0 amide bonds. The third kappa shape index (κ3) is 6.74. The Balaban J connectivity index is 1.40. The summed E-state index contributed by atoms with van der Waals surface area (Å²) in [6, 6.07) is 22.6. The van der Waals surface area contributed by atoms with Gasteiger partial charge in [-0.2, -0.15) is 0 Å². The second-order valence-corrected chi connectivity index (χ2v) is 11.7. The molecule has 0 saturated heterocycles. The maximum absolute atomic E-state index is 12.6. The van der Waals surface area contributed by atoms with Crippen molar-refractivity contribution in [1.29, 1.82) is 0 Å². The summed E-state index contributed by atoms with van der Waals surface area (Å²) < 4.78 is 55.2. The number of nitrogens with one attached hydrogen (secondary N) is 2. The van der Waals surface area contributed by atoms with Gasteiger partial charge in [-0.3, -0.25) is 29.7 Å². The van der Waals surface area contributed by atoms with Gasteiger partial charge in [0.2, 0.25) is 0 Å². The molecular weight excluding hydrogens is 548 g/mol. The molecule has 200 valence electrons. The summed E-state index contributed by atoms with van der Waals surface area (Å²) in [6.45, 7) is 0. The highest BCUT2D eigenvalue weighted by molar-refractivity contribution is 7.93. The van der Waals surface area contributed by atoms with Crippen LogP contribution < -0.4 is 9.44 Å². The average Bonchev–Trinajstić information content (AvgIpc) is 2.91. The van der Waals surface area contributed by atoms with Crippen LogP contribution in [0, 0.1) is 20.2 Å². The molecule has 0 saturated carbocycles. The van der Waals surface area contributed by atoms with E-state index in [-0.39, 0.29) is 32.5 Å². The minimum atomic E-state index is -4.03. The number of anilines is 2. The molecule has 2 N–H and O–H groups in total. The molecule has 0 unspecified atom stereocenters. The van der Waals surface area contributed by atoms with Crippen LogP contribution in [0.4, 0.5) is 22.7 Å². The first-order valence-electron chi connectivity index (χ1n) is 11.2. The number of rotatable bonds is 10. The SMILES string of the molecule is O=[N+]([O-])c1cccc(S(=O)(=O)Nc2ccc(Cc3ccc(NS(=O)(=O)c4cccc([N+](=O)[O-])c4)cc3)cc2)c1. The van der Waals surface area contributed by atoms with Crippen LogP contribution in [0.2, 0.25) is 0 Å². The Kier molecular flexibility index (Phi) is 7.60. The smallest absolute Gasteiger partial charge is 0.270 e. The van der Waals surface area contributed by atoms with E-state index >= 15 is 0 Å². The minimum absolute atomic E-state index is 0.234. The molecule has 14 heteroatoms. The van der Waals surface area contributed by atoms with Gasteiger partial charge in [0, 0.05) is 35.6 Å². The molecule has 4 rings (SSSR count). The lowest BCUT2D eigenvalue weighted by Crippen LogP contribution is -2.13. The van der Waals surface area contributed by atoms with E-state index in [0.29, 0.717) is 6.42 Å². The first-order valence-corrected chi connectivity index (χ1v) is 14.1. The first-order chi connectivity index (χ1) is 18.4. The maximum atomic E-state index is 12.6. The lowest BCUT2D eigenvalue weighted by atomic mass is 10.0. The number of nitro groups is 2. The number of hydrogen-bond donors (Lipinski definition) is 2. The standard InChI is InChI=1S/C25H20N4O8S2/c30-28(31)22-3-1-5-24(16-22)38(34,35)26-20-11-7-18(8-12-20)15-19-9-13-21(14-10-19)27-39(36,37)25-6-2-4-23(17-25)29(32)33/h1-14,16-17,26-27H,15H2. The lowest BCUT2D eigenvalue weighted by Gasteiger charge is -2.10. The first kappa shape index (κ1) is 27.2. The van der Waals surface area contributed by atoms with Crippen LogP contribution in [0.1, 0.15) is 11.1 Å². The molecule has 0 spiro atoms. The lowest BCUT2D eigenvalue weighted by molar-refractivity contribution is -0.385. The minimum Gasteiger partial charge on any atom is -0.280 e. The largest absolute Gasteiger partial charge is 0.280 e. The van der Waals surface area contributed by atoms with Crippen molar-refractivity contribution in [2.75, 3.05) is 9.44 Å². The van der Waals surface area contributed by atoms with Crippen LogP contribution in [0.5, 0.6) is 0 Å². The number of hydrogen-bond acceptors (Lipinski definition) is 8. The number of nitro benzene ring substituents is 2. The topological polar surface area (TPSA) is 179 Å². The fourth-order valence-electron chi connectivity index (χ4n) is 3.57. The van der Waals surface area contributed by atoms with Gasteiger partial charge in [0.15, 0.2) is 0 Å². The van der Waals surface area contributed by atoms with Gasteiger partial charge in [-0.25, -0.2) is 16.8 Å². The quantitative estimate of drug-likeness (QED) is 0.204. The molecular formula is C25H20N4O8S2. The molecule has 0 heterocycles. The Morgan fingerprint density at radius 1 is 0.564 bits per heavy atom. The number of sulfonamides is 2. The third-order valence-electron chi connectivity index (χ3n) is 5.50. The molecule has 0 aromatic heterocycles. The van der Waals surface area contributed by atoms with Crippen LogP contribution >= 0.6 is 0 Å². The molecule has 0 bridgehead atoms. The zero-order chi connectivity index (χ0) is 28.2. The molecule has 4 aromatic rings. The molecule has 0 aliphatic carbocycles. The van der Waals surface area contributed by atoms with Gasteiger partial charge in [0.05, 0.1) is 19.6 Å². The Hall–Kier alpha value is -4.82. The van der Waals surface area contributed by atoms with Crippen molar-refractivity contribution in [3.8, 4) is 0 Å². The predicted molar refractivity (Wildman–Crippen MR) is 143 cm³/mol. The van der Waals surface area contributed by atoms with Crippen molar-refractivity contribution in [2.24, 2.45) is 0 Å². The Morgan fingerprint density at radius 2 is 0.923 bits per heavy atom. The van der Waals surface area contributed by atoms with Crippen molar-refractivity contribution in [3.05, 3.63) is 128 Å². The van der Waals surface area contributed by atoms with E-state index in [2.05, 4.69) is 9.44 Å². The zero-order valence-corrected chi connectivity index (χ0v) is 21.6. The van der Waals surface area contributed by atoms with E-state index in [1.54, 1.807) is 48.5 Å². The number of nitrogens with zero attached hydrogens (tertiary/aromatic N) is 2. The number of benzene rings is 4. The molecule has 0 aliphatic heterocycles. The highest BCUT2D eigenvalue weighted by Gasteiger charge is 2.19. The summed E-state index contributed by atoms with van der Waals surface area (Å²) in [6.07, 6.45) is 0.468. The fraction of sp³-hybridized carbons (Fsp3) is 0.0400. The third-order valence-corrected chi connectivity index (χ3v) is 8.26. The molecule has 4 aromatic carbocycles. The highest BCUT2D eigenvalue weighted by atomic mass is 32.2. The number of non-ortho nitro benzene ring substituents is 2. The van der Waals surface area contributed by atoms with E-state index in [0.717, 1.165) is 23.3 Å². The molecule has 12 nitrogen and oxygen atoms in total. The van der Waals surface area contributed by atoms with Crippen molar-refractivity contribution < 1.29 is 26.7 Å². The Morgan fingerprint density at radius 3 is 1.26 bits per heavy atom. The van der Waals surface area contributed by atoms with Gasteiger partial charge in [-0.15, -0.1) is 0 Å². The normalized spacial score (nSPS) is 11.5. The van der Waals surface area contributed by atoms with Crippen LogP contribution in [0.15, 0.2) is 107 Å². The van der Waals surface area contributed by atoms with Gasteiger partial charge in [-0.05, 0) is 53.9 Å².